The van der Waals surface area contributed by atoms with Crippen LogP contribution in [0.25, 0.3) is 0 Å². The maximum atomic E-state index is 12.7. The zero-order valence-corrected chi connectivity index (χ0v) is 15.3. The number of fused-ring (bicyclic) bond motifs is 4. The van der Waals surface area contributed by atoms with Gasteiger partial charge >= 0.3 is 6.03 Å². The van der Waals surface area contributed by atoms with E-state index in [1.807, 2.05) is 33.7 Å². The van der Waals surface area contributed by atoms with Crippen LogP contribution in [0.4, 0.5) is 10.5 Å². The average molecular weight is 351 g/mol. The van der Waals surface area contributed by atoms with Crippen LogP contribution < -0.4 is 10.9 Å². The fourth-order valence-corrected chi connectivity index (χ4v) is 4.22. The minimum absolute atomic E-state index is 0.0521. The van der Waals surface area contributed by atoms with Crippen molar-refractivity contribution >= 4 is 11.7 Å². The lowest BCUT2D eigenvalue weighted by Crippen LogP contribution is -2.50. The number of nitrogens with one attached hydrogen (secondary N) is 1. The van der Waals surface area contributed by atoms with Gasteiger partial charge in [0.25, 0.3) is 5.56 Å². The zero-order valence-electron chi connectivity index (χ0n) is 15.3. The lowest BCUT2D eigenvalue weighted by Gasteiger charge is -2.42. The molecule has 5 heteroatoms. The molecule has 1 fully saturated rings. The Balaban J connectivity index is 1.48. The molecule has 2 aliphatic heterocycles. The fraction of sp³-hybridized carbons (Fsp3) is 0.429. The highest BCUT2D eigenvalue weighted by Crippen LogP contribution is 2.35. The molecule has 0 aliphatic carbocycles. The molecule has 0 radical (unpaired) electrons. The minimum atomic E-state index is -0.0521. The molecule has 0 saturated carbocycles. The fourth-order valence-electron chi connectivity index (χ4n) is 4.22. The molecule has 1 aromatic carbocycles. The summed E-state index contributed by atoms with van der Waals surface area (Å²) < 4.78 is 1.89. The van der Waals surface area contributed by atoms with E-state index >= 15 is 0 Å². The number of rotatable bonds is 2. The Hall–Kier alpha value is -2.56. The van der Waals surface area contributed by atoms with Crippen LogP contribution in [-0.2, 0) is 6.54 Å². The molecule has 2 amide bonds. The molecule has 1 saturated heterocycles. The number of nitrogens with zero attached hydrogens (tertiary/aromatic N) is 2. The van der Waals surface area contributed by atoms with Crippen molar-refractivity contribution in [2.45, 2.75) is 38.6 Å². The molecule has 2 aliphatic rings. The highest BCUT2D eigenvalue weighted by Gasteiger charge is 2.36. The van der Waals surface area contributed by atoms with E-state index in [1.54, 1.807) is 6.07 Å². The van der Waals surface area contributed by atoms with Crippen LogP contribution in [0.1, 0.15) is 43.4 Å². The van der Waals surface area contributed by atoms with Gasteiger partial charge in [0, 0.05) is 43.0 Å². The second kappa shape index (κ2) is 6.63. The largest absolute Gasteiger partial charge is 0.324 e. The minimum Gasteiger partial charge on any atom is -0.324 e. The van der Waals surface area contributed by atoms with Crippen LogP contribution in [0.5, 0.6) is 0 Å². The molecule has 0 spiro atoms. The predicted octanol–water partition coefficient (Wildman–Crippen LogP) is 3.62. The molecular formula is C21H25N3O2. The van der Waals surface area contributed by atoms with Gasteiger partial charge in [-0.25, -0.2) is 4.79 Å². The van der Waals surface area contributed by atoms with Crippen LogP contribution in [0.15, 0.2) is 47.3 Å². The third kappa shape index (κ3) is 3.14. The molecule has 2 aromatic rings. The highest BCUT2D eigenvalue weighted by atomic mass is 16.2. The Morgan fingerprint density at radius 1 is 1.08 bits per heavy atom. The van der Waals surface area contributed by atoms with E-state index < -0.39 is 0 Å². The summed E-state index contributed by atoms with van der Waals surface area (Å²) >= 11 is 0. The van der Waals surface area contributed by atoms with Gasteiger partial charge in [-0.05, 0) is 42.0 Å². The third-order valence-electron chi connectivity index (χ3n) is 5.60. The second-order valence-electron chi connectivity index (χ2n) is 7.81. The first-order valence-corrected chi connectivity index (χ1v) is 9.37. The van der Waals surface area contributed by atoms with E-state index in [9.17, 15) is 9.59 Å². The monoisotopic (exact) mass is 351 g/mol. The Labute approximate surface area is 153 Å². The summed E-state index contributed by atoms with van der Waals surface area (Å²) in [5, 5.41) is 3.02. The van der Waals surface area contributed by atoms with Crippen molar-refractivity contribution in [1.29, 1.82) is 0 Å². The smallest absolute Gasteiger partial charge is 0.321 e. The molecule has 2 atom stereocenters. The first-order valence-electron chi connectivity index (χ1n) is 9.37. The predicted molar refractivity (Wildman–Crippen MR) is 103 cm³/mol. The van der Waals surface area contributed by atoms with Gasteiger partial charge in [0.2, 0.25) is 0 Å². The maximum absolute atomic E-state index is 12.7. The Bertz CT molecular complexity index is 870. The van der Waals surface area contributed by atoms with Crippen molar-refractivity contribution < 1.29 is 4.79 Å². The second-order valence-corrected chi connectivity index (χ2v) is 7.81. The van der Waals surface area contributed by atoms with Gasteiger partial charge in [0.05, 0.1) is 0 Å². The van der Waals surface area contributed by atoms with Crippen LogP contribution in [-0.4, -0.2) is 28.6 Å². The molecule has 1 N–H and O–H groups in total. The highest BCUT2D eigenvalue weighted by molar-refractivity contribution is 5.89. The van der Waals surface area contributed by atoms with E-state index in [4.69, 9.17) is 0 Å². The molecule has 1 unspecified atom stereocenters. The van der Waals surface area contributed by atoms with Crippen molar-refractivity contribution in [2.75, 3.05) is 18.4 Å². The lowest BCUT2D eigenvalue weighted by molar-refractivity contribution is 0.139. The van der Waals surface area contributed by atoms with Crippen molar-refractivity contribution in [1.82, 2.24) is 9.47 Å². The van der Waals surface area contributed by atoms with Crippen molar-refractivity contribution in [3.05, 3.63) is 64.1 Å². The van der Waals surface area contributed by atoms with Gasteiger partial charge in [0.15, 0.2) is 0 Å². The van der Waals surface area contributed by atoms with Crippen molar-refractivity contribution in [2.24, 2.45) is 5.92 Å². The van der Waals surface area contributed by atoms with E-state index in [2.05, 4.69) is 31.3 Å². The van der Waals surface area contributed by atoms with Gasteiger partial charge in [0.1, 0.15) is 0 Å². The number of aromatic nitrogens is 1. The van der Waals surface area contributed by atoms with Gasteiger partial charge in [-0.15, -0.1) is 0 Å². The van der Waals surface area contributed by atoms with Crippen LogP contribution in [0.3, 0.4) is 0 Å². The number of hydrogen-bond donors (Lipinski definition) is 1. The summed E-state index contributed by atoms with van der Waals surface area (Å²) in [7, 11) is 0. The molecule has 2 bridgehead atoms. The van der Waals surface area contributed by atoms with Gasteiger partial charge in [-0.1, -0.05) is 32.0 Å². The normalized spacial score (nSPS) is 21.4. The SMILES string of the molecule is CC(C)c1ccc(NC(=O)N2CC3C[C@@H](C2)c2cccc(=O)n2C3)cc1. The Kier molecular flexibility index (Phi) is 4.31. The van der Waals surface area contributed by atoms with Gasteiger partial charge in [-0.3, -0.25) is 4.79 Å². The van der Waals surface area contributed by atoms with Crippen molar-refractivity contribution in [3.63, 3.8) is 0 Å². The first kappa shape index (κ1) is 16.9. The topological polar surface area (TPSA) is 54.3 Å². The van der Waals surface area contributed by atoms with E-state index in [0.29, 0.717) is 31.5 Å². The molecule has 136 valence electrons. The summed E-state index contributed by atoms with van der Waals surface area (Å²) in [6, 6.07) is 13.5. The molecule has 3 heterocycles. The number of urea groups is 1. The van der Waals surface area contributed by atoms with E-state index in [-0.39, 0.29) is 17.5 Å². The average Bonchev–Trinajstić information content (AvgIpc) is 2.63. The van der Waals surface area contributed by atoms with Crippen LogP contribution in [0.2, 0.25) is 0 Å². The number of hydrogen-bond acceptors (Lipinski definition) is 2. The van der Waals surface area contributed by atoms with Gasteiger partial charge < -0.3 is 14.8 Å². The number of anilines is 1. The number of carbonyl (C=O) groups excluding carboxylic acids is 1. The zero-order chi connectivity index (χ0) is 18.3. The van der Waals surface area contributed by atoms with Gasteiger partial charge in [-0.2, -0.15) is 0 Å². The maximum Gasteiger partial charge on any atom is 0.321 e. The molecule has 4 rings (SSSR count). The molecular weight excluding hydrogens is 326 g/mol. The molecule has 1 aromatic heterocycles. The van der Waals surface area contributed by atoms with Crippen molar-refractivity contribution in [3.8, 4) is 0 Å². The number of benzene rings is 1. The molecule has 5 nitrogen and oxygen atoms in total. The number of piperidine rings is 1. The number of pyridine rings is 1. The number of likely N-dealkylation sites (tertiary alicyclic amines) is 1. The first-order chi connectivity index (χ1) is 12.5. The summed E-state index contributed by atoms with van der Waals surface area (Å²) in [4.78, 5) is 26.7. The Morgan fingerprint density at radius 3 is 2.58 bits per heavy atom. The number of carbonyl (C=O) groups is 1. The van der Waals surface area contributed by atoms with E-state index in [1.165, 1.54) is 5.56 Å². The third-order valence-corrected chi connectivity index (χ3v) is 5.60. The van der Waals surface area contributed by atoms with Crippen LogP contribution in [0, 0.1) is 5.92 Å². The summed E-state index contributed by atoms with van der Waals surface area (Å²) in [5.74, 6) is 1.06. The lowest BCUT2D eigenvalue weighted by atomic mass is 9.83. The van der Waals surface area contributed by atoms with E-state index in [0.717, 1.165) is 17.8 Å². The Morgan fingerprint density at radius 2 is 1.85 bits per heavy atom. The summed E-state index contributed by atoms with van der Waals surface area (Å²) in [5.41, 5.74) is 3.22. The summed E-state index contributed by atoms with van der Waals surface area (Å²) in [6.45, 7) is 6.38. The summed E-state index contributed by atoms with van der Waals surface area (Å²) in [6.07, 6.45) is 1.05. The number of amides is 2. The van der Waals surface area contributed by atoms with Crippen LogP contribution >= 0.6 is 0 Å². The standard InChI is InChI=1S/C21H25N3O2/c1-14(2)16-6-8-18(9-7-16)22-21(26)23-11-15-10-17(13-23)19-4-3-5-20(25)24(19)12-15/h3-9,14-15,17H,10-13H2,1-2H3,(H,22,26)/t15?,17-/m0/s1. The quantitative estimate of drug-likeness (QED) is 0.898. The molecule has 26 heavy (non-hydrogen) atoms.